The van der Waals surface area contributed by atoms with Gasteiger partial charge in [-0.2, -0.15) is 13.2 Å². The van der Waals surface area contributed by atoms with Crippen LogP contribution >= 0.6 is 11.8 Å². The lowest BCUT2D eigenvalue weighted by Gasteiger charge is -2.10. The van der Waals surface area contributed by atoms with Gasteiger partial charge in [0.2, 0.25) is 0 Å². The van der Waals surface area contributed by atoms with Crippen LogP contribution in [0.5, 0.6) is 5.75 Å². The molecule has 0 spiro atoms. The zero-order chi connectivity index (χ0) is 18.4. The van der Waals surface area contributed by atoms with E-state index in [4.69, 9.17) is 0 Å². The molecule has 0 aliphatic rings. The van der Waals surface area contributed by atoms with Gasteiger partial charge in [-0.1, -0.05) is 6.92 Å². The second kappa shape index (κ2) is 6.21. The summed E-state index contributed by atoms with van der Waals surface area (Å²) < 4.78 is 40.3. The van der Waals surface area contributed by atoms with Crippen LogP contribution in [0.3, 0.4) is 0 Å². The van der Waals surface area contributed by atoms with Gasteiger partial charge in [0.25, 0.3) is 0 Å². The molecule has 1 N–H and O–H groups in total. The lowest BCUT2D eigenvalue weighted by atomic mass is 10.2. The van der Waals surface area contributed by atoms with E-state index in [1.165, 1.54) is 11.8 Å². The third-order valence-corrected chi connectivity index (χ3v) is 4.61. The number of aromatic nitrogens is 4. The Hall–Kier alpha value is -2.29. The van der Waals surface area contributed by atoms with Gasteiger partial charge < -0.3 is 9.67 Å². The van der Waals surface area contributed by atoms with Gasteiger partial charge in [-0.25, -0.2) is 15.0 Å². The van der Waals surface area contributed by atoms with E-state index < -0.39 is 11.7 Å². The van der Waals surface area contributed by atoms with Crippen LogP contribution in [0.1, 0.15) is 18.2 Å². The number of fused-ring (bicyclic) bond motifs is 1. The fourth-order valence-electron chi connectivity index (χ4n) is 2.45. The largest absolute Gasteiger partial charge is 0.506 e. The molecule has 3 rings (SSSR count). The summed E-state index contributed by atoms with van der Waals surface area (Å²) >= 11 is 1.47. The average molecular weight is 368 g/mol. The van der Waals surface area contributed by atoms with Crippen LogP contribution in [0, 0.1) is 6.92 Å². The summed E-state index contributed by atoms with van der Waals surface area (Å²) in [6.45, 7) is 3.61. The van der Waals surface area contributed by atoms with E-state index in [1.807, 2.05) is 6.92 Å². The molecular formula is C16H15F3N4OS. The van der Waals surface area contributed by atoms with Gasteiger partial charge in [0.15, 0.2) is 11.5 Å². The van der Waals surface area contributed by atoms with Gasteiger partial charge in [0, 0.05) is 18.1 Å². The predicted molar refractivity (Wildman–Crippen MR) is 89.5 cm³/mol. The van der Waals surface area contributed by atoms with Gasteiger partial charge in [-0.15, -0.1) is 11.8 Å². The summed E-state index contributed by atoms with van der Waals surface area (Å²) in [5, 5.41) is 9.89. The summed E-state index contributed by atoms with van der Waals surface area (Å²) in [5.41, 5.74) is 0.570. The minimum Gasteiger partial charge on any atom is -0.506 e. The molecule has 0 aliphatic heterocycles. The molecular weight excluding hydrogens is 353 g/mol. The van der Waals surface area contributed by atoms with Crippen LogP contribution in [0.25, 0.3) is 22.7 Å². The van der Waals surface area contributed by atoms with Crippen LogP contribution in [0.15, 0.2) is 23.2 Å². The summed E-state index contributed by atoms with van der Waals surface area (Å²) in [5.74, 6) is 1.22. The maximum Gasteiger partial charge on any atom is 0.417 e. The number of pyridine rings is 2. The van der Waals surface area contributed by atoms with Gasteiger partial charge in [-0.05, 0) is 24.8 Å². The highest BCUT2D eigenvalue weighted by Crippen LogP contribution is 2.35. The third kappa shape index (κ3) is 3.15. The van der Waals surface area contributed by atoms with E-state index in [0.717, 1.165) is 18.0 Å². The van der Waals surface area contributed by atoms with Crippen molar-refractivity contribution in [3.05, 3.63) is 29.6 Å². The molecule has 3 aromatic heterocycles. The molecule has 25 heavy (non-hydrogen) atoms. The molecule has 0 atom stereocenters. The van der Waals surface area contributed by atoms with E-state index in [0.29, 0.717) is 27.8 Å². The Bertz CT molecular complexity index is 953. The van der Waals surface area contributed by atoms with Crippen molar-refractivity contribution in [3.8, 4) is 17.3 Å². The monoisotopic (exact) mass is 368 g/mol. The molecule has 0 saturated heterocycles. The van der Waals surface area contributed by atoms with Crippen molar-refractivity contribution >= 4 is 22.9 Å². The highest BCUT2D eigenvalue weighted by atomic mass is 32.2. The minimum atomic E-state index is -4.48. The van der Waals surface area contributed by atoms with Crippen LogP contribution < -0.4 is 0 Å². The topological polar surface area (TPSA) is 63.8 Å². The number of aromatic hydroxyl groups is 1. The molecule has 0 amide bonds. The Morgan fingerprint density at radius 1 is 1.24 bits per heavy atom. The molecule has 0 aliphatic carbocycles. The molecule has 0 aromatic carbocycles. The van der Waals surface area contributed by atoms with Crippen molar-refractivity contribution in [1.82, 2.24) is 19.5 Å². The van der Waals surface area contributed by atoms with E-state index in [9.17, 15) is 18.3 Å². The molecule has 3 aromatic rings. The second-order valence-corrected chi connectivity index (χ2v) is 6.74. The molecule has 5 nitrogen and oxygen atoms in total. The number of imidazole rings is 1. The zero-order valence-corrected chi connectivity index (χ0v) is 14.5. The molecule has 0 unspecified atom stereocenters. The first kappa shape index (κ1) is 17.5. The first-order valence-corrected chi connectivity index (χ1v) is 8.44. The van der Waals surface area contributed by atoms with Crippen LogP contribution in [0.4, 0.5) is 13.2 Å². The number of alkyl halides is 3. The fraction of sp³-hybridized carbons (Fsp3) is 0.312. The molecule has 0 radical (unpaired) electrons. The van der Waals surface area contributed by atoms with Crippen LogP contribution in [-0.2, 0) is 13.2 Å². The number of hydrogen-bond acceptors (Lipinski definition) is 5. The van der Waals surface area contributed by atoms with Gasteiger partial charge in [0.05, 0.1) is 11.3 Å². The number of thioether (sulfide) groups is 1. The Morgan fingerprint density at radius 3 is 2.60 bits per heavy atom. The Morgan fingerprint density at radius 2 is 1.96 bits per heavy atom. The van der Waals surface area contributed by atoms with Crippen molar-refractivity contribution in [2.24, 2.45) is 7.05 Å². The van der Waals surface area contributed by atoms with Crippen molar-refractivity contribution < 1.29 is 18.3 Å². The number of hydrogen-bond donors (Lipinski definition) is 1. The van der Waals surface area contributed by atoms with Crippen LogP contribution in [-0.4, -0.2) is 30.4 Å². The fourth-order valence-corrected chi connectivity index (χ4v) is 3.23. The minimum absolute atomic E-state index is 0.0657. The molecule has 0 saturated carbocycles. The predicted octanol–water partition coefficient (Wildman–Crippen LogP) is 4.18. The maximum absolute atomic E-state index is 12.9. The molecule has 9 heteroatoms. The van der Waals surface area contributed by atoms with E-state index in [2.05, 4.69) is 15.0 Å². The second-order valence-electron chi connectivity index (χ2n) is 5.43. The molecule has 3 heterocycles. The third-order valence-electron chi connectivity index (χ3n) is 3.70. The number of rotatable bonds is 3. The summed E-state index contributed by atoms with van der Waals surface area (Å²) in [7, 11) is 1.68. The zero-order valence-electron chi connectivity index (χ0n) is 13.7. The molecule has 0 fully saturated rings. The van der Waals surface area contributed by atoms with Gasteiger partial charge >= 0.3 is 6.18 Å². The molecule has 0 bridgehead atoms. The van der Waals surface area contributed by atoms with Crippen molar-refractivity contribution in [3.63, 3.8) is 0 Å². The van der Waals surface area contributed by atoms with Crippen LogP contribution in [0.2, 0.25) is 0 Å². The first-order valence-electron chi connectivity index (χ1n) is 7.45. The quantitative estimate of drug-likeness (QED) is 0.703. The smallest absolute Gasteiger partial charge is 0.417 e. The summed E-state index contributed by atoms with van der Waals surface area (Å²) in [6.07, 6.45) is -3.68. The number of nitrogens with zero attached hydrogens (tertiary/aromatic N) is 4. The number of halogens is 3. The van der Waals surface area contributed by atoms with E-state index >= 15 is 0 Å². The highest BCUT2D eigenvalue weighted by Gasteiger charge is 2.32. The lowest BCUT2D eigenvalue weighted by molar-refractivity contribution is -0.137. The van der Waals surface area contributed by atoms with Crippen molar-refractivity contribution in [2.75, 3.05) is 5.75 Å². The lowest BCUT2D eigenvalue weighted by Crippen LogP contribution is -2.05. The molecule has 132 valence electrons. The Labute approximate surface area is 145 Å². The standard InChI is InChI=1S/C16H15F3N4OS/c1-4-25-12-6-11(24)8(2)21-13(12)15-22-10-5-9(16(17,18)19)7-20-14(10)23(15)3/h5-7,24H,4H2,1-3H3. The van der Waals surface area contributed by atoms with E-state index in [-0.39, 0.29) is 11.3 Å². The Kier molecular flexibility index (Phi) is 4.36. The van der Waals surface area contributed by atoms with Crippen molar-refractivity contribution in [1.29, 1.82) is 0 Å². The first-order chi connectivity index (χ1) is 11.7. The summed E-state index contributed by atoms with van der Waals surface area (Å²) in [6, 6.07) is 2.57. The number of aryl methyl sites for hydroxylation is 2. The highest BCUT2D eigenvalue weighted by molar-refractivity contribution is 7.99. The SMILES string of the molecule is CCSc1cc(O)c(C)nc1-c1nc2cc(C(F)(F)F)cnc2n1C. The van der Waals surface area contributed by atoms with Crippen molar-refractivity contribution in [2.45, 2.75) is 24.9 Å². The van der Waals surface area contributed by atoms with Gasteiger partial charge in [0.1, 0.15) is 17.0 Å². The average Bonchev–Trinajstić information content (AvgIpc) is 2.86. The normalized spacial score (nSPS) is 12.1. The maximum atomic E-state index is 12.9. The summed E-state index contributed by atoms with van der Waals surface area (Å²) in [4.78, 5) is 13.3. The van der Waals surface area contributed by atoms with Gasteiger partial charge in [-0.3, -0.25) is 0 Å². The Balaban J connectivity index is 2.23. The van der Waals surface area contributed by atoms with E-state index in [1.54, 1.807) is 24.6 Å².